The van der Waals surface area contributed by atoms with Gasteiger partial charge >= 0.3 is 0 Å². The predicted octanol–water partition coefficient (Wildman–Crippen LogP) is 1.94. The van der Waals surface area contributed by atoms with E-state index >= 15 is 0 Å². The summed E-state index contributed by atoms with van der Waals surface area (Å²) in [6, 6.07) is 0. The largest absolute Gasteiger partial charge is 0.372 e. The molecule has 76 valence electrons. The lowest BCUT2D eigenvalue weighted by Gasteiger charge is -2.20. The van der Waals surface area contributed by atoms with Crippen LogP contribution in [0.25, 0.3) is 0 Å². The number of ether oxygens (including phenoxy) is 1. The molecule has 2 fully saturated rings. The smallest absolute Gasteiger partial charge is 0.0631 e. The summed E-state index contributed by atoms with van der Waals surface area (Å²) in [4.78, 5) is 0. The van der Waals surface area contributed by atoms with E-state index in [0.29, 0.717) is 6.10 Å². The Balaban J connectivity index is 1.77. The third-order valence-corrected chi connectivity index (χ3v) is 3.31. The number of hydrogen-bond donors (Lipinski definition) is 1. The molecule has 0 aromatic carbocycles. The molecule has 0 saturated carbocycles. The van der Waals surface area contributed by atoms with Crippen molar-refractivity contribution >= 4 is 0 Å². The van der Waals surface area contributed by atoms with Gasteiger partial charge in [-0.05, 0) is 58.5 Å². The Morgan fingerprint density at radius 1 is 1.38 bits per heavy atom. The molecule has 1 N–H and O–H groups in total. The van der Waals surface area contributed by atoms with Gasteiger partial charge in [-0.15, -0.1) is 0 Å². The second-order valence-electron chi connectivity index (χ2n) is 5.13. The standard InChI is InChI=1S/C11H21NO/c1-11(2)5-3-10(13-11)7-9-4-6-12-8-9/h9-10,12H,3-8H2,1-2H3. The van der Waals surface area contributed by atoms with Crippen LogP contribution >= 0.6 is 0 Å². The highest BCUT2D eigenvalue weighted by atomic mass is 16.5. The van der Waals surface area contributed by atoms with Crippen LogP contribution in [0.1, 0.15) is 39.5 Å². The first-order chi connectivity index (χ1) is 6.16. The molecule has 0 aromatic heterocycles. The summed E-state index contributed by atoms with van der Waals surface area (Å²) in [5.74, 6) is 0.874. The summed E-state index contributed by atoms with van der Waals surface area (Å²) in [5, 5.41) is 3.41. The summed E-state index contributed by atoms with van der Waals surface area (Å²) in [6.07, 6.45) is 5.66. The van der Waals surface area contributed by atoms with Crippen molar-refractivity contribution in [3.8, 4) is 0 Å². The molecule has 0 radical (unpaired) electrons. The fraction of sp³-hybridized carbons (Fsp3) is 1.00. The molecule has 2 atom stereocenters. The van der Waals surface area contributed by atoms with Gasteiger partial charge in [-0.2, -0.15) is 0 Å². The number of rotatable bonds is 2. The van der Waals surface area contributed by atoms with Crippen molar-refractivity contribution in [2.45, 2.75) is 51.2 Å². The van der Waals surface area contributed by atoms with Gasteiger partial charge in [-0.3, -0.25) is 0 Å². The Kier molecular flexibility index (Phi) is 2.61. The van der Waals surface area contributed by atoms with Crippen LogP contribution < -0.4 is 5.32 Å². The molecule has 2 aliphatic rings. The zero-order chi connectivity index (χ0) is 9.31. The number of hydrogen-bond acceptors (Lipinski definition) is 2. The van der Waals surface area contributed by atoms with E-state index in [0.717, 1.165) is 5.92 Å². The van der Waals surface area contributed by atoms with Gasteiger partial charge in [0.15, 0.2) is 0 Å². The van der Waals surface area contributed by atoms with Crippen molar-refractivity contribution in [2.75, 3.05) is 13.1 Å². The van der Waals surface area contributed by atoms with E-state index < -0.39 is 0 Å². The van der Waals surface area contributed by atoms with Crippen molar-refractivity contribution in [3.63, 3.8) is 0 Å². The maximum atomic E-state index is 5.98. The van der Waals surface area contributed by atoms with Crippen LogP contribution in [0.3, 0.4) is 0 Å². The molecule has 2 nitrogen and oxygen atoms in total. The van der Waals surface area contributed by atoms with Gasteiger partial charge in [0.1, 0.15) is 0 Å². The Morgan fingerprint density at radius 2 is 2.23 bits per heavy atom. The molecule has 2 heterocycles. The zero-order valence-corrected chi connectivity index (χ0v) is 8.81. The lowest BCUT2D eigenvalue weighted by molar-refractivity contribution is -0.0235. The molecule has 2 aliphatic heterocycles. The average molecular weight is 183 g/mol. The van der Waals surface area contributed by atoms with Crippen molar-refractivity contribution in [2.24, 2.45) is 5.92 Å². The quantitative estimate of drug-likeness (QED) is 0.706. The summed E-state index contributed by atoms with van der Waals surface area (Å²) in [7, 11) is 0. The molecule has 2 heteroatoms. The third-order valence-electron chi connectivity index (χ3n) is 3.31. The summed E-state index contributed by atoms with van der Waals surface area (Å²) in [6.45, 7) is 6.83. The van der Waals surface area contributed by atoms with E-state index in [1.54, 1.807) is 0 Å². The van der Waals surface area contributed by atoms with Crippen LogP contribution in [0.2, 0.25) is 0 Å². The predicted molar refractivity (Wildman–Crippen MR) is 53.8 cm³/mol. The van der Waals surface area contributed by atoms with E-state index in [1.807, 2.05) is 0 Å². The molecular weight excluding hydrogens is 162 g/mol. The summed E-state index contributed by atoms with van der Waals surface area (Å²) < 4.78 is 5.98. The van der Waals surface area contributed by atoms with E-state index in [1.165, 1.54) is 38.8 Å². The van der Waals surface area contributed by atoms with Crippen molar-refractivity contribution < 1.29 is 4.74 Å². The Labute approximate surface area is 81.0 Å². The third kappa shape index (κ3) is 2.44. The van der Waals surface area contributed by atoms with Crippen LogP contribution in [0.4, 0.5) is 0 Å². The summed E-state index contributed by atoms with van der Waals surface area (Å²) in [5.41, 5.74) is 0.150. The first kappa shape index (κ1) is 9.47. The van der Waals surface area contributed by atoms with E-state index in [4.69, 9.17) is 4.74 Å². The Morgan fingerprint density at radius 3 is 2.77 bits per heavy atom. The SMILES string of the molecule is CC1(C)CCC(CC2CCNC2)O1. The molecule has 13 heavy (non-hydrogen) atoms. The van der Waals surface area contributed by atoms with Gasteiger partial charge < -0.3 is 10.1 Å². The molecule has 0 spiro atoms. The summed E-state index contributed by atoms with van der Waals surface area (Å²) >= 11 is 0. The molecule has 0 aliphatic carbocycles. The van der Waals surface area contributed by atoms with Gasteiger partial charge in [0.2, 0.25) is 0 Å². The van der Waals surface area contributed by atoms with Crippen LogP contribution in [0.5, 0.6) is 0 Å². The second-order valence-corrected chi connectivity index (χ2v) is 5.13. The van der Waals surface area contributed by atoms with E-state index in [9.17, 15) is 0 Å². The molecule has 0 bridgehead atoms. The van der Waals surface area contributed by atoms with Gasteiger partial charge in [-0.25, -0.2) is 0 Å². The normalized spacial score (nSPS) is 38.3. The van der Waals surface area contributed by atoms with Crippen molar-refractivity contribution in [1.29, 1.82) is 0 Å². The van der Waals surface area contributed by atoms with E-state index in [-0.39, 0.29) is 5.60 Å². The topological polar surface area (TPSA) is 21.3 Å². The van der Waals surface area contributed by atoms with Gasteiger partial charge in [0.25, 0.3) is 0 Å². The Hall–Kier alpha value is -0.0800. The van der Waals surface area contributed by atoms with Crippen LogP contribution in [0.15, 0.2) is 0 Å². The fourth-order valence-corrected chi connectivity index (χ4v) is 2.53. The lowest BCUT2D eigenvalue weighted by Crippen LogP contribution is -2.22. The molecule has 2 unspecified atom stereocenters. The van der Waals surface area contributed by atoms with Gasteiger partial charge in [0, 0.05) is 0 Å². The molecule has 0 amide bonds. The maximum absolute atomic E-state index is 5.98. The second kappa shape index (κ2) is 3.58. The minimum absolute atomic E-state index is 0.150. The molecule has 0 aromatic rings. The van der Waals surface area contributed by atoms with Crippen LogP contribution in [-0.4, -0.2) is 24.8 Å². The monoisotopic (exact) mass is 183 g/mol. The molecule has 2 saturated heterocycles. The maximum Gasteiger partial charge on any atom is 0.0631 e. The zero-order valence-electron chi connectivity index (χ0n) is 8.81. The highest BCUT2D eigenvalue weighted by molar-refractivity contribution is 4.84. The average Bonchev–Trinajstić information content (AvgIpc) is 2.61. The van der Waals surface area contributed by atoms with E-state index in [2.05, 4.69) is 19.2 Å². The Bertz CT molecular complexity index is 173. The minimum atomic E-state index is 0.150. The number of nitrogens with one attached hydrogen (secondary N) is 1. The molecule has 2 rings (SSSR count). The fourth-order valence-electron chi connectivity index (χ4n) is 2.53. The first-order valence-corrected chi connectivity index (χ1v) is 5.54. The van der Waals surface area contributed by atoms with Gasteiger partial charge in [0.05, 0.1) is 11.7 Å². The first-order valence-electron chi connectivity index (χ1n) is 5.54. The van der Waals surface area contributed by atoms with Gasteiger partial charge in [-0.1, -0.05) is 0 Å². The van der Waals surface area contributed by atoms with Crippen molar-refractivity contribution in [1.82, 2.24) is 5.32 Å². The highest BCUT2D eigenvalue weighted by Gasteiger charge is 2.33. The van der Waals surface area contributed by atoms with Crippen LogP contribution in [0, 0.1) is 5.92 Å². The minimum Gasteiger partial charge on any atom is -0.372 e. The molecular formula is C11H21NO. The van der Waals surface area contributed by atoms with Crippen LogP contribution in [-0.2, 0) is 4.74 Å². The lowest BCUT2D eigenvalue weighted by atomic mass is 9.98. The van der Waals surface area contributed by atoms with Crippen molar-refractivity contribution in [3.05, 3.63) is 0 Å². The highest BCUT2D eigenvalue weighted by Crippen LogP contribution is 2.33.